The lowest BCUT2D eigenvalue weighted by Gasteiger charge is -2.37. The third kappa shape index (κ3) is 7.77. The number of carbonyl (C=O) groups excluding carboxylic acids is 3. The number of carbonyl (C=O) groups is 1. The summed E-state index contributed by atoms with van der Waals surface area (Å²) in [5.41, 5.74) is 3.04. The topological polar surface area (TPSA) is 139 Å². The van der Waals surface area contributed by atoms with Gasteiger partial charge in [0.15, 0.2) is 5.82 Å². The summed E-state index contributed by atoms with van der Waals surface area (Å²) in [6.07, 6.45) is 1.73. The van der Waals surface area contributed by atoms with E-state index in [9.17, 15) is 14.9 Å². The van der Waals surface area contributed by atoms with Crippen LogP contribution in [0.15, 0.2) is 48.7 Å². The molecule has 0 unspecified atom stereocenters. The zero-order valence-electron chi connectivity index (χ0n) is 23.2. The maximum Gasteiger partial charge on any atom is 0.410 e. The average molecular weight is 564 g/mol. The predicted octanol–water partition coefficient (Wildman–Crippen LogP) is 4.90. The van der Waals surface area contributed by atoms with Crippen LogP contribution in [0, 0.1) is 34.2 Å². The Kier molecular flexibility index (Phi) is 9.60. The fourth-order valence-electron chi connectivity index (χ4n) is 4.45. The minimum absolute atomic E-state index is 0.184. The highest BCUT2D eigenvalue weighted by Gasteiger charge is 2.28. The molecule has 1 aliphatic heterocycles. The molecule has 0 spiro atoms. The number of hydrogen-bond donors (Lipinski definition) is 0. The molecular formula is C29H30FN5O6. The van der Waals surface area contributed by atoms with Crippen molar-refractivity contribution in [2.45, 2.75) is 39.8 Å². The molecule has 2 aromatic carbocycles. The summed E-state index contributed by atoms with van der Waals surface area (Å²) in [5, 5.41) is 20.8. The number of hydrogen-bond acceptors (Lipinski definition) is 8. The molecule has 1 aliphatic rings. The number of nitrogens with zero attached hydrogens (tertiary/aromatic N) is 5. The van der Waals surface area contributed by atoms with Gasteiger partial charge in [0.25, 0.3) is 5.69 Å². The first-order valence-corrected chi connectivity index (χ1v) is 12.7. The number of halogens is 1. The molecule has 0 N–H and O–H groups in total. The molecule has 0 atom stereocenters. The van der Waals surface area contributed by atoms with E-state index in [1.807, 2.05) is 35.9 Å². The van der Waals surface area contributed by atoms with Crippen molar-refractivity contribution in [3.05, 3.63) is 81.4 Å². The van der Waals surface area contributed by atoms with E-state index in [4.69, 9.17) is 19.6 Å². The van der Waals surface area contributed by atoms with Gasteiger partial charge in [0, 0.05) is 38.1 Å². The molecule has 0 radical (unpaired) electrons. The molecule has 2 heterocycles. The summed E-state index contributed by atoms with van der Waals surface area (Å²) >= 11 is 0. The van der Waals surface area contributed by atoms with E-state index in [1.54, 1.807) is 42.7 Å². The van der Waals surface area contributed by atoms with Crippen molar-refractivity contribution in [3.63, 3.8) is 0 Å². The highest BCUT2D eigenvalue weighted by atomic mass is 19.1. The second-order valence-electron chi connectivity index (χ2n) is 10.4. The van der Waals surface area contributed by atoms with Crippen molar-refractivity contribution < 1.29 is 28.4 Å². The van der Waals surface area contributed by atoms with Gasteiger partial charge in [-0.15, -0.1) is 0 Å². The van der Waals surface area contributed by atoms with Crippen LogP contribution >= 0.6 is 0 Å². The minimum atomic E-state index is -0.673. The van der Waals surface area contributed by atoms with Crippen molar-refractivity contribution >= 4 is 23.6 Å². The van der Waals surface area contributed by atoms with E-state index >= 15 is 4.39 Å². The molecule has 1 saturated heterocycles. The fourth-order valence-corrected chi connectivity index (χ4v) is 4.45. The minimum Gasteiger partial charge on any atom is -0.444 e. The molecule has 11 nitrogen and oxygen atoms in total. The Balaban J connectivity index is 0.00000147. The fraction of sp³-hybridized carbons (Fsp3) is 0.345. The summed E-state index contributed by atoms with van der Waals surface area (Å²) < 4.78 is 22.4. The molecule has 1 fully saturated rings. The first kappa shape index (κ1) is 30.5. The number of aryl methyl sites for hydroxylation is 1. The first-order chi connectivity index (χ1) is 19.4. The second-order valence-corrected chi connectivity index (χ2v) is 10.4. The van der Waals surface area contributed by atoms with Crippen LogP contribution in [0.4, 0.5) is 20.6 Å². The van der Waals surface area contributed by atoms with E-state index < -0.39 is 22.4 Å². The third-order valence-corrected chi connectivity index (χ3v) is 6.42. The van der Waals surface area contributed by atoms with Crippen LogP contribution in [0.25, 0.3) is 11.1 Å². The van der Waals surface area contributed by atoms with Gasteiger partial charge in [-0.05, 0) is 63.1 Å². The van der Waals surface area contributed by atoms with Crippen molar-refractivity contribution in [3.8, 4) is 17.2 Å². The van der Waals surface area contributed by atoms with Crippen LogP contribution in [0.3, 0.4) is 0 Å². The van der Waals surface area contributed by atoms with Gasteiger partial charge in [-0.25, -0.2) is 9.18 Å². The molecule has 214 valence electrons. The molecule has 0 bridgehead atoms. The summed E-state index contributed by atoms with van der Waals surface area (Å²) in [5.74, 6) is -0.673. The zero-order chi connectivity index (χ0) is 30.3. The number of aromatic nitrogens is 1. The molecule has 41 heavy (non-hydrogen) atoms. The zero-order valence-corrected chi connectivity index (χ0v) is 23.2. The van der Waals surface area contributed by atoms with E-state index in [0.29, 0.717) is 37.3 Å². The standard InChI is InChI=1S/C28H30FN5O4.CO2/c1-19-13-22(21-7-5-20(16-30)6-8-21)17-33(19)18-23-14-26(24(29)15-25(23)34(36)37)31-9-11-32(12-10-31)27(35)38-28(2,3)4;2-1-3/h5-8,13-15,17H,9-12,18H2,1-4H3;. The van der Waals surface area contributed by atoms with Crippen LogP contribution in [0.2, 0.25) is 0 Å². The SMILES string of the molecule is Cc1cc(-c2ccc(C#N)cc2)cn1Cc1cc(N2CCN(C(=O)OC(C)(C)C)CC2)c(F)cc1[N+](=O)[O-].O=C=O. The van der Waals surface area contributed by atoms with Crippen LogP contribution < -0.4 is 4.90 Å². The monoisotopic (exact) mass is 563 g/mol. The molecule has 1 amide bonds. The highest BCUT2D eigenvalue weighted by molar-refractivity contribution is 5.69. The maximum absolute atomic E-state index is 15.1. The summed E-state index contributed by atoms with van der Waals surface area (Å²) in [6, 6.07) is 13.8. The number of anilines is 1. The van der Waals surface area contributed by atoms with E-state index in [2.05, 4.69) is 6.07 Å². The Morgan fingerprint density at radius 1 is 1.07 bits per heavy atom. The molecule has 1 aromatic heterocycles. The summed E-state index contributed by atoms with van der Waals surface area (Å²) in [4.78, 5) is 43.2. The van der Waals surface area contributed by atoms with Crippen LogP contribution in [-0.2, 0) is 20.9 Å². The predicted molar refractivity (Wildman–Crippen MR) is 147 cm³/mol. The van der Waals surface area contributed by atoms with Gasteiger partial charge in [0.1, 0.15) is 5.60 Å². The number of nitro benzene ring substituents is 1. The molecule has 0 aliphatic carbocycles. The third-order valence-electron chi connectivity index (χ3n) is 6.42. The van der Waals surface area contributed by atoms with Gasteiger partial charge >= 0.3 is 12.2 Å². The number of rotatable bonds is 5. The Bertz CT molecular complexity index is 1490. The van der Waals surface area contributed by atoms with Gasteiger partial charge < -0.3 is 19.1 Å². The van der Waals surface area contributed by atoms with Gasteiger partial charge in [-0.3, -0.25) is 10.1 Å². The Morgan fingerprint density at radius 3 is 2.22 bits per heavy atom. The Morgan fingerprint density at radius 2 is 1.68 bits per heavy atom. The quantitative estimate of drug-likeness (QED) is 0.315. The van der Waals surface area contributed by atoms with Gasteiger partial charge in [-0.2, -0.15) is 14.9 Å². The lowest BCUT2D eigenvalue weighted by molar-refractivity contribution is -0.385. The van der Waals surface area contributed by atoms with Gasteiger partial charge in [0.2, 0.25) is 0 Å². The van der Waals surface area contributed by atoms with Crippen LogP contribution in [0.1, 0.15) is 37.6 Å². The van der Waals surface area contributed by atoms with Crippen LogP contribution in [-0.4, -0.2) is 58.4 Å². The maximum atomic E-state index is 15.1. The van der Waals surface area contributed by atoms with E-state index in [1.165, 1.54) is 6.07 Å². The van der Waals surface area contributed by atoms with Crippen LogP contribution in [0.5, 0.6) is 0 Å². The molecule has 0 saturated carbocycles. The number of ether oxygens (including phenoxy) is 1. The van der Waals surface area contributed by atoms with Crippen molar-refractivity contribution in [2.24, 2.45) is 0 Å². The first-order valence-electron chi connectivity index (χ1n) is 12.7. The average Bonchev–Trinajstić information content (AvgIpc) is 3.28. The summed E-state index contributed by atoms with van der Waals surface area (Å²) in [7, 11) is 0. The molecular weight excluding hydrogens is 533 g/mol. The second kappa shape index (κ2) is 12.9. The number of piperazine rings is 1. The Hall–Kier alpha value is -5.01. The number of benzene rings is 2. The lowest BCUT2D eigenvalue weighted by atomic mass is 10.1. The van der Waals surface area contributed by atoms with Gasteiger partial charge in [-0.1, -0.05) is 12.1 Å². The normalized spacial score (nSPS) is 13.0. The number of amides is 1. The molecule has 3 aromatic rings. The van der Waals surface area contributed by atoms with Crippen molar-refractivity contribution in [1.29, 1.82) is 5.26 Å². The van der Waals surface area contributed by atoms with Gasteiger partial charge in [0.05, 0.1) is 40.4 Å². The smallest absolute Gasteiger partial charge is 0.410 e. The highest BCUT2D eigenvalue weighted by Crippen LogP contribution is 2.31. The van der Waals surface area contributed by atoms with Crippen molar-refractivity contribution in [1.82, 2.24) is 9.47 Å². The number of nitro groups is 1. The number of nitriles is 1. The summed E-state index contributed by atoms with van der Waals surface area (Å²) in [6.45, 7) is 8.94. The largest absolute Gasteiger partial charge is 0.444 e. The van der Waals surface area contributed by atoms with E-state index in [-0.39, 0.29) is 24.1 Å². The van der Waals surface area contributed by atoms with E-state index in [0.717, 1.165) is 22.9 Å². The molecule has 4 rings (SSSR count). The lowest BCUT2D eigenvalue weighted by Crippen LogP contribution is -2.50. The van der Waals surface area contributed by atoms with Crippen molar-refractivity contribution in [2.75, 3.05) is 31.1 Å². The Labute approximate surface area is 236 Å². The molecule has 12 heteroatoms.